The largest absolute Gasteiger partial charge is 0.370 e. The van der Waals surface area contributed by atoms with E-state index in [2.05, 4.69) is 21.3 Å². The Hall–Kier alpha value is -1.04. The van der Waals surface area contributed by atoms with Crippen LogP contribution in [-0.2, 0) is 4.79 Å². The van der Waals surface area contributed by atoms with E-state index >= 15 is 0 Å². The van der Waals surface area contributed by atoms with E-state index in [1.54, 1.807) is 0 Å². The lowest BCUT2D eigenvalue weighted by molar-refractivity contribution is -0.116. The second-order valence-electron chi connectivity index (χ2n) is 5.95. The first-order chi connectivity index (χ1) is 10.8. The molecule has 1 saturated heterocycles. The molecule has 7 heteroatoms. The van der Waals surface area contributed by atoms with E-state index in [1.807, 2.05) is 12.3 Å². The maximum absolute atomic E-state index is 11.8. The fourth-order valence-corrected chi connectivity index (χ4v) is 2.79. The average molecular weight is 377 g/mol. The number of amides is 1. The van der Waals surface area contributed by atoms with Crippen LogP contribution in [0.1, 0.15) is 51.4 Å². The zero-order valence-electron chi connectivity index (χ0n) is 14.2. The van der Waals surface area contributed by atoms with Gasteiger partial charge in [0.1, 0.15) is 5.82 Å². The van der Waals surface area contributed by atoms with Crippen molar-refractivity contribution in [3.8, 4) is 0 Å². The highest BCUT2D eigenvalue weighted by molar-refractivity contribution is 5.89. The minimum absolute atomic E-state index is 0. The van der Waals surface area contributed by atoms with Crippen LogP contribution in [0.25, 0.3) is 0 Å². The number of carbonyl (C=O) groups is 1. The molecule has 5 nitrogen and oxygen atoms in total. The lowest BCUT2D eigenvalue weighted by Crippen LogP contribution is -2.29. The van der Waals surface area contributed by atoms with Gasteiger partial charge in [-0.1, -0.05) is 12.8 Å². The number of aromatic nitrogens is 1. The minimum Gasteiger partial charge on any atom is -0.370 e. The summed E-state index contributed by atoms with van der Waals surface area (Å²) >= 11 is 0. The van der Waals surface area contributed by atoms with Gasteiger partial charge < -0.3 is 16.0 Å². The molecule has 0 radical (unpaired) electrons. The van der Waals surface area contributed by atoms with E-state index in [4.69, 9.17) is 5.73 Å². The number of rotatable bonds is 8. The number of nitrogens with two attached hydrogens (primary N) is 1. The van der Waals surface area contributed by atoms with Crippen molar-refractivity contribution in [1.82, 2.24) is 4.98 Å². The predicted octanol–water partition coefficient (Wildman–Crippen LogP) is 3.76. The van der Waals surface area contributed by atoms with Gasteiger partial charge in [-0.05, 0) is 50.8 Å². The van der Waals surface area contributed by atoms with E-state index in [0.717, 1.165) is 51.0 Å². The summed E-state index contributed by atoms with van der Waals surface area (Å²) in [7, 11) is 0. The second kappa shape index (κ2) is 13.3. The van der Waals surface area contributed by atoms with Crippen LogP contribution in [0.3, 0.4) is 0 Å². The van der Waals surface area contributed by atoms with Crippen LogP contribution in [0.5, 0.6) is 0 Å². The molecular formula is C17H30Cl2N4O. The number of anilines is 2. The Kier molecular flexibility index (Phi) is 12.7. The van der Waals surface area contributed by atoms with Crippen LogP contribution in [0.15, 0.2) is 18.3 Å². The van der Waals surface area contributed by atoms with Gasteiger partial charge in [-0.2, -0.15) is 0 Å². The van der Waals surface area contributed by atoms with Crippen molar-refractivity contribution in [1.29, 1.82) is 0 Å². The Balaban J connectivity index is 0.00000264. The third kappa shape index (κ3) is 8.18. The molecule has 0 bridgehead atoms. The molecule has 1 aromatic rings. The smallest absolute Gasteiger partial charge is 0.225 e. The number of pyridine rings is 1. The van der Waals surface area contributed by atoms with Crippen LogP contribution in [0.2, 0.25) is 0 Å². The summed E-state index contributed by atoms with van der Waals surface area (Å²) in [5.41, 5.74) is 6.60. The molecule has 1 amide bonds. The molecule has 1 fully saturated rings. The molecule has 1 aliphatic rings. The summed E-state index contributed by atoms with van der Waals surface area (Å²) in [6.07, 6.45) is 10.4. The van der Waals surface area contributed by atoms with Crippen molar-refractivity contribution in [3.05, 3.63) is 18.3 Å². The molecule has 0 saturated carbocycles. The molecule has 24 heavy (non-hydrogen) atoms. The van der Waals surface area contributed by atoms with Crippen LogP contribution < -0.4 is 16.0 Å². The molecule has 3 N–H and O–H groups in total. The van der Waals surface area contributed by atoms with E-state index < -0.39 is 0 Å². The quantitative estimate of drug-likeness (QED) is 0.677. The van der Waals surface area contributed by atoms with E-state index in [-0.39, 0.29) is 30.7 Å². The van der Waals surface area contributed by atoms with Crippen molar-refractivity contribution >= 4 is 42.2 Å². The maximum atomic E-state index is 11.8. The van der Waals surface area contributed by atoms with Gasteiger partial charge in [-0.25, -0.2) is 4.98 Å². The Labute approximate surface area is 157 Å². The van der Waals surface area contributed by atoms with Crippen molar-refractivity contribution in [2.75, 3.05) is 29.9 Å². The third-order valence-corrected chi connectivity index (χ3v) is 4.09. The highest BCUT2D eigenvalue weighted by atomic mass is 35.5. The first-order valence-electron chi connectivity index (χ1n) is 8.50. The fourth-order valence-electron chi connectivity index (χ4n) is 2.79. The first-order valence-corrected chi connectivity index (χ1v) is 8.50. The molecule has 2 heterocycles. The average Bonchev–Trinajstić information content (AvgIpc) is 2.56. The monoisotopic (exact) mass is 376 g/mol. The number of nitrogens with zero attached hydrogens (tertiary/aromatic N) is 2. The lowest BCUT2D eigenvalue weighted by atomic mass is 10.1. The minimum atomic E-state index is 0. The molecule has 0 spiro atoms. The maximum Gasteiger partial charge on any atom is 0.225 e. The SMILES string of the molecule is Cl.Cl.NCCCCCCC(=O)Nc1ccc(N2CCCCC2)cn1. The Morgan fingerprint density at radius 1 is 1.08 bits per heavy atom. The summed E-state index contributed by atoms with van der Waals surface area (Å²) in [4.78, 5) is 18.6. The van der Waals surface area contributed by atoms with Gasteiger partial charge in [0, 0.05) is 19.5 Å². The normalized spacial score (nSPS) is 13.6. The van der Waals surface area contributed by atoms with E-state index in [1.165, 1.54) is 19.3 Å². The molecule has 1 aliphatic heterocycles. The molecule has 2 rings (SSSR count). The lowest BCUT2D eigenvalue weighted by Gasteiger charge is -2.28. The number of carbonyl (C=O) groups excluding carboxylic acids is 1. The van der Waals surface area contributed by atoms with Crippen LogP contribution in [0.4, 0.5) is 11.5 Å². The number of unbranched alkanes of at least 4 members (excludes halogenated alkanes) is 3. The fraction of sp³-hybridized carbons (Fsp3) is 0.647. The molecular weight excluding hydrogens is 347 g/mol. The highest BCUT2D eigenvalue weighted by Gasteiger charge is 2.11. The standard InChI is InChI=1S/C17H28N4O.2ClH/c18-11-5-2-1-4-8-17(22)20-16-10-9-15(14-19-16)21-12-6-3-7-13-21;;/h9-10,14H,1-8,11-13,18H2,(H,19,20,22);2*1H. The van der Waals surface area contributed by atoms with Gasteiger partial charge in [0.25, 0.3) is 0 Å². The Morgan fingerprint density at radius 2 is 1.79 bits per heavy atom. The van der Waals surface area contributed by atoms with Crippen molar-refractivity contribution in [2.45, 2.75) is 51.4 Å². The zero-order chi connectivity index (χ0) is 15.6. The highest BCUT2D eigenvalue weighted by Crippen LogP contribution is 2.20. The van der Waals surface area contributed by atoms with Gasteiger partial charge in [0.15, 0.2) is 0 Å². The molecule has 138 valence electrons. The second-order valence-corrected chi connectivity index (χ2v) is 5.95. The first kappa shape index (κ1) is 23.0. The summed E-state index contributed by atoms with van der Waals surface area (Å²) in [5.74, 6) is 0.693. The molecule has 0 unspecified atom stereocenters. The number of piperidine rings is 1. The van der Waals surface area contributed by atoms with Crippen molar-refractivity contribution in [2.24, 2.45) is 5.73 Å². The van der Waals surface area contributed by atoms with Crippen LogP contribution in [-0.4, -0.2) is 30.5 Å². The summed E-state index contributed by atoms with van der Waals surface area (Å²) in [5, 5.41) is 2.87. The Bertz CT molecular complexity index is 450. The van der Waals surface area contributed by atoms with Gasteiger partial charge in [0.05, 0.1) is 11.9 Å². The number of halogens is 2. The van der Waals surface area contributed by atoms with E-state index in [9.17, 15) is 4.79 Å². The predicted molar refractivity (Wildman–Crippen MR) is 106 cm³/mol. The number of hydrogen-bond donors (Lipinski definition) is 2. The van der Waals surface area contributed by atoms with E-state index in [0.29, 0.717) is 12.2 Å². The molecule has 1 aromatic heterocycles. The van der Waals surface area contributed by atoms with Crippen LogP contribution in [0, 0.1) is 0 Å². The van der Waals surface area contributed by atoms with Gasteiger partial charge in [-0.3, -0.25) is 4.79 Å². The zero-order valence-corrected chi connectivity index (χ0v) is 15.8. The molecule has 0 aromatic carbocycles. The van der Waals surface area contributed by atoms with Crippen molar-refractivity contribution < 1.29 is 4.79 Å². The van der Waals surface area contributed by atoms with Gasteiger partial charge in [-0.15, -0.1) is 24.8 Å². The van der Waals surface area contributed by atoms with Crippen molar-refractivity contribution in [3.63, 3.8) is 0 Å². The number of hydrogen-bond acceptors (Lipinski definition) is 4. The topological polar surface area (TPSA) is 71.2 Å². The number of nitrogens with one attached hydrogen (secondary N) is 1. The third-order valence-electron chi connectivity index (χ3n) is 4.09. The Morgan fingerprint density at radius 3 is 2.42 bits per heavy atom. The van der Waals surface area contributed by atoms with Gasteiger partial charge in [0.2, 0.25) is 5.91 Å². The molecule has 0 atom stereocenters. The summed E-state index contributed by atoms with van der Waals surface area (Å²) < 4.78 is 0. The molecule has 0 aliphatic carbocycles. The van der Waals surface area contributed by atoms with Gasteiger partial charge >= 0.3 is 0 Å². The summed E-state index contributed by atoms with van der Waals surface area (Å²) in [6, 6.07) is 3.95. The van der Waals surface area contributed by atoms with Crippen LogP contribution >= 0.6 is 24.8 Å². The summed E-state index contributed by atoms with van der Waals surface area (Å²) in [6.45, 7) is 2.95.